The van der Waals surface area contributed by atoms with Crippen molar-refractivity contribution in [1.82, 2.24) is 0 Å². The van der Waals surface area contributed by atoms with Crippen LogP contribution in [0.25, 0.3) is 0 Å². The number of nitrogens with zero attached hydrogens (tertiary/aromatic N) is 1. The monoisotopic (exact) mass is 405 g/mol. The number of rotatable bonds is 2. The Balaban J connectivity index is 0.000000347. The van der Waals surface area contributed by atoms with E-state index in [1.54, 1.807) is 0 Å². The minimum absolute atomic E-state index is 0.0988. The van der Waals surface area contributed by atoms with E-state index in [2.05, 4.69) is 42.5 Å². The van der Waals surface area contributed by atoms with Crippen LogP contribution in [0.1, 0.15) is 5.56 Å². The maximum Gasteiger partial charge on any atom is 0.357 e. The SMILES string of the molecule is N#Cc1ccc([I+]c2ccccc2)cc1.[O-][Cl+3]([O-])([O-])[O-]. The van der Waals surface area contributed by atoms with Gasteiger partial charge < -0.3 is 0 Å². The molecule has 0 fully saturated rings. The maximum atomic E-state index is 8.68. The molecule has 0 saturated heterocycles. The van der Waals surface area contributed by atoms with Crippen molar-refractivity contribution in [1.29, 1.82) is 5.26 Å². The van der Waals surface area contributed by atoms with Crippen LogP contribution in [-0.4, -0.2) is 0 Å². The first-order valence-electron chi connectivity index (χ1n) is 5.20. The van der Waals surface area contributed by atoms with Gasteiger partial charge >= 0.3 is 21.2 Å². The summed E-state index contributed by atoms with van der Waals surface area (Å²) in [6.45, 7) is 0. The fraction of sp³-hybridized carbons (Fsp3) is 0. The number of hydrogen-bond donors (Lipinski definition) is 0. The van der Waals surface area contributed by atoms with E-state index in [0.29, 0.717) is 0 Å². The number of nitriles is 1. The summed E-state index contributed by atoms with van der Waals surface area (Å²) in [5.74, 6) is 0. The lowest BCUT2D eigenvalue weighted by Crippen LogP contribution is -3.61. The first kappa shape index (κ1) is 16.8. The Bertz CT molecular complexity index is 558. The van der Waals surface area contributed by atoms with Crippen molar-refractivity contribution in [2.75, 3.05) is 0 Å². The maximum absolute atomic E-state index is 8.68. The van der Waals surface area contributed by atoms with Gasteiger partial charge in [0.25, 0.3) is 0 Å². The van der Waals surface area contributed by atoms with E-state index in [-0.39, 0.29) is 21.2 Å². The zero-order chi connectivity index (χ0) is 15.0. The topological polar surface area (TPSA) is 116 Å². The molecule has 0 aliphatic carbocycles. The quantitative estimate of drug-likeness (QED) is 0.464. The van der Waals surface area contributed by atoms with Gasteiger partial charge in [0.2, 0.25) is 0 Å². The van der Waals surface area contributed by atoms with Crippen LogP contribution in [0.4, 0.5) is 0 Å². The van der Waals surface area contributed by atoms with Gasteiger partial charge in [-0.15, -0.1) is 10.2 Å². The van der Waals surface area contributed by atoms with Crippen LogP contribution in [-0.2, 0) is 0 Å². The zero-order valence-electron chi connectivity index (χ0n) is 10.0. The molecule has 7 heteroatoms. The molecule has 0 N–H and O–H groups in total. The summed E-state index contributed by atoms with van der Waals surface area (Å²) >= 11 is -0.0988. The van der Waals surface area contributed by atoms with Gasteiger partial charge in [0.1, 0.15) is 0 Å². The van der Waals surface area contributed by atoms with Crippen molar-refractivity contribution < 1.29 is 50.1 Å². The van der Waals surface area contributed by atoms with Gasteiger partial charge in [-0.1, -0.05) is 18.2 Å². The molecule has 0 heterocycles. The highest BCUT2D eigenvalue weighted by Gasteiger charge is 2.13. The predicted molar refractivity (Wildman–Crippen MR) is 55.0 cm³/mol. The predicted octanol–water partition coefficient (Wildman–Crippen LogP) is -5.07. The van der Waals surface area contributed by atoms with Crippen molar-refractivity contribution >= 4 is 0 Å². The zero-order valence-corrected chi connectivity index (χ0v) is 12.9. The van der Waals surface area contributed by atoms with Crippen LogP contribution in [0.5, 0.6) is 0 Å². The molecule has 0 amide bonds. The molecule has 0 aliphatic heterocycles. The van der Waals surface area contributed by atoms with Crippen molar-refractivity contribution in [2.24, 2.45) is 0 Å². The molecule has 0 atom stereocenters. The third kappa shape index (κ3) is 8.06. The van der Waals surface area contributed by atoms with Crippen LogP contribution in [0.3, 0.4) is 0 Å². The Labute approximate surface area is 128 Å². The third-order valence-corrected chi connectivity index (χ3v) is 4.61. The Hall–Kier alpha value is -1.21. The van der Waals surface area contributed by atoms with E-state index in [1.807, 2.05) is 18.2 Å². The van der Waals surface area contributed by atoms with Crippen molar-refractivity contribution in [3.63, 3.8) is 0 Å². The molecule has 0 unspecified atom stereocenters. The second kappa shape index (κ2) is 8.16. The summed E-state index contributed by atoms with van der Waals surface area (Å²) in [4.78, 5) is 0. The van der Waals surface area contributed by atoms with Crippen LogP contribution in [0, 0.1) is 28.7 Å². The molecule has 0 bridgehead atoms. The molecular formula is C13H9ClINO4. The van der Waals surface area contributed by atoms with Gasteiger partial charge in [0, 0.05) is 0 Å². The Morgan fingerprint density at radius 3 is 1.70 bits per heavy atom. The fourth-order valence-electron chi connectivity index (χ4n) is 1.19. The molecule has 20 heavy (non-hydrogen) atoms. The largest absolute Gasteiger partial charge is 0.357 e. The van der Waals surface area contributed by atoms with Crippen LogP contribution in [0.15, 0.2) is 54.6 Å². The summed E-state index contributed by atoms with van der Waals surface area (Å²) in [7, 11) is -4.94. The second-order valence-electron chi connectivity index (χ2n) is 3.39. The summed E-state index contributed by atoms with van der Waals surface area (Å²) in [6.07, 6.45) is 0. The summed E-state index contributed by atoms with van der Waals surface area (Å²) in [6, 6.07) is 20.5. The van der Waals surface area contributed by atoms with Crippen LogP contribution >= 0.6 is 0 Å². The summed E-state index contributed by atoms with van der Waals surface area (Å²) in [5.41, 5.74) is 0.732. The number of benzene rings is 2. The minimum Gasteiger partial charge on any atom is -0.222 e. The molecular weight excluding hydrogens is 397 g/mol. The first-order valence-corrected chi connectivity index (χ1v) is 8.59. The highest BCUT2D eigenvalue weighted by Crippen LogP contribution is 1.94. The Morgan fingerprint density at radius 2 is 1.25 bits per heavy atom. The molecule has 0 radical (unpaired) electrons. The van der Waals surface area contributed by atoms with E-state index < -0.39 is 10.2 Å². The first-order chi connectivity index (χ1) is 9.38. The van der Waals surface area contributed by atoms with Crippen molar-refractivity contribution in [3.05, 3.63) is 67.3 Å². The van der Waals surface area contributed by atoms with Crippen molar-refractivity contribution in [2.45, 2.75) is 0 Å². The van der Waals surface area contributed by atoms with E-state index in [1.165, 1.54) is 7.14 Å². The van der Waals surface area contributed by atoms with Gasteiger partial charge in [-0.2, -0.15) is 5.26 Å². The minimum atomic E-state index is -4.94. The average Bonchev–Trinajstić information content (AvgIpc) is 2.39. The molecule has 0 aromatic heterocycles. The van der Waals surface area contributed by atoms with Gasteiger partial charge in [0.05, 0.1) is 11.6 Å². The lowest BCUT2D eigenvalue weighted by molar-refractivity contribution is -2.00. The second-order valence-corrected chi connectivity index (χ2v) is 7.17. The molecule has 2 aromatic rings. The van der Waals surface area contributed by atoms with E-state index in [4.69, 9.17) is 23.9 Å². The molecule has 5 nitrogen and oxygen atoms in total. The molecule has 104 valence electrons. The van der Waals surface area contributed by atoms with Gasteiger partial charge in [-0.25, -0.2) is 18.6 Å². The molecule has 0 aliphatic rings. The number of hydrogen-bond acceptors (Lipinski definition) is 5. The fourth-order valence-corrected chi connectivity index (χ4v) is 3.40. The van der Waals surface area contributed by atoms with E-state index >= 15 is 0 Å². The lowest BCUT2D eigenvalue weighted by Gasteiger charge is -2.17. The van der Waals surface area contributed by atoms with Gasteiger partial charge in [-0.05, 0) is 36.4 Å². The van der Waals surface area contributed by atoms with E-state index in [9.17, 15) is 0 Å². The van der Waals surface area contributed by atoms with Gasteiger partial charge in [-0.3, -0.25) is 0 Å². The molecule has 0 saturated carbocycles. The molecule has 0 spiro atoms. The van der Waals surface area contributed by atoms with Crippen LogP contribution in [0.2, 0.25) is 0 Å². The Kier molecular flexibility index (Phi) is 6.87. The standard InChI is InChI=1S/C13H9IN.ClHO4/c15-10-11-6-8-13(9-7-11)14-12-4-2-1-3-5-12;2-1(3,4)5/h1-9H;(H,2,3,4,5)/q+1;/p-1. The highest BCUT2D eigenvalue weighted by molar-refractivity contribution is 5.27. The smallest absolute Gasteiger partial charge is 0.222 e. The van der Waals surface area contributed by atoms with Crippen LogP contribution < -0.4 is 39.8 Å². The molecule has 2 rings (SSSR count). The third-order valence-electron chi connectivity index (χ3n) is 1.92. The molecule has 2 aromatic carbocycles. The summed E-state index contributed by atoms with van der Waals surface area (Å²) < 4.78 is 36.7. The highest BCUT2D eigenvalue weighted by atomic mass is 127. The Morgan fingerprint density at radius 1 is 0.800 bits per heavy atom. The number of halogens is 2. The average molecular weight is 406 g/mol. The van der Waals surface area contributed by atoms with Gasteiger partial charge in [0.15, 0.2) is 7.14 Å². The lowest BCUT2D eigenvalue weighted by atomic mass is 10.2. The van der Waals surface area contributed by atoms with Crippen molar-refractivity contribution in [3.8, 4) is 6.07 Å². The van der Waals surface area contributed by atoms with E-state index in [0.717, 1.165) is 5.56 Å². The normalized spacial score (nSPS) is 10.2. The summed E-state index contributed by atoms with van der Waals surface area (Å²) in [5, 5.41) is 8.68.